The van der Waals surface area contributed by atoms with Gasteiger partial charge in [0.2, 0.25) is 5.88 Å². The Morgan fingerprint density at radius 3 is 2.77 bits per heavy atom. The van der Waals surface area contributed by atoms with Gasteiger partial charge < -0.3 is 19.5 Å². The van der Waals surface area contributed by atoms with Crippen LogP contribution in [0.25, 0.3) is 5.70 Å². The van der Waals surface area contributed by atoms with Crippen LogP contribution in [0.1, 0.15) is 44.6 Å². The maximum absolute atomic E-state index is 12.9. The molecule has 1 saturated heterocycles. The summed E-state index contributed by atoms with van der Waals surface area (Å²) in [7, 11) is 0. The molecule has 4 rings (SSSR count). The van der Waals surface area contributed by atoms with Crippen LogP contribution in [0.4, 0.5) is 0 Å². The van der Waals surface area contributed by atoms with Crippen LogP contribution in [-0.4, -0.2) is 52.1 Å². The first kappa shape index (κ1) is 21.4. The van der Waals surface area contributed by atoms with Gasteiger partial charge in [-0.3, -0.25) is 9.99 Å². The number of hydrogen-bond acceptors (Lipinski definition) is 6. The summed E-state index contributed by atoms with van der Waals surface area (Å²) in [5.74, 6) is 1.43. The Morgan fingerprint density at radius 1 is 1.16 bits per heavy atom. The molecule has 1 fully saturated rings. The lowest BCUT2D eigenvalue weighted by atomic mass is 10.1. The van der Waals surface area contributed by atoms with Gasteiger partial charge in [0, 0.05) is 12.1 Å². The van der Waals surface area contributed by atoms with Gasteiger partial charge in [0.25, 0.3) is 0 Å². The lowest BCUT2D eigenvalue weighted by Crippen LogP contribution is -2.32. The molecular weight excluding hydrogens is 396 g/mol. The maximum atomic E-state index is 12.9. The molecule has 0 radical (unpaired) electrons. The molecule has 0 bridgehead atoms. The second-order valence-electron chi connectivity index (χ2n) is 8.03. The van der Waals surface area contributed by atoms with Gasteiger partial charge in [0.05, 0.1) is 18.5 Å². The Hall–Kier alpha value is -2.87. The zero-order valence-electron chi connectivity index (χ0n) is 18.2. The number of aromatic hydroxyl groups is 1. The van der Waals surface area contributed by atoms with Gasteiger partial charge in [-0.15, -0.1) is 0 Å². The minimum atomic E-state index is -0.287. The molecule has 3 heterocycles. The normalized spacial score (nSPS) is 16.4. The number of nitrogens with zero attached hydrogens (tertiary/aromatic N) is 3. The molecular formula is C23H32N4O4. The Bertz CT molecular complexity index is 972. The first-order chi connectivity index (χ1) is 15.2. The third kappa shape index (κ3) is 5.07. The van der Waals surface area contributed by atoms with Crippen LogP contribution in [0.2, 0.25) is 0 Å². The minimum absolute atomic E-state index is 0.0357. The molecule has 2 aliphatic rings. The van der Waals surface area contributed by atoms with Crippen LogP contribution in [0, 0.1) is 0 Å². The monoisotopic (exact) mass is 428 g/mol. The molecule has 1 aromatic carbocycles. The highest BCUT2D eigenvalue weighted by Crippen LogP contribution is 2.32. The summed E-state index contributed by atoms with van der Waals surface area (Å²) >= 11 is 0. The molecule has 0 amide bonds. The van der Waals surface area contributed by atoms with E-state index in [0.717, 1.165) is 42.1 Å². The van der Waals surface area contributed by atoms with Crippen molar-refractivity contribution in [2.45, 2.75) is 45.6 Å². The molecule has 0 spiro atoms. The van der Waals surface area contributed by atoms with Gasteiger partial charge in [-0.1, -0.05) is 6.42 Å². The summed E-state index contributed by atoms with van der Waals surface area (Å²) in [6.45, 7) is 6.82. The van der Waals surface area contributed by atoms with Crippen molar-refractivity contribution in [3.8, 4) is 17.4 Å². The van der Waals surface area contributed by atoms with Crippen molar-refractivity contribution in [3.63, 3.8) is 0 Å². The average molecular weight is 429 g/mol. The smallest absolute Gasteiger partial charge is 0.349 e. The number of imidazole rings is 1. The summed E-state index contributed by atoms with van der Waals surface area (Å²) < 4.78 is 14.0. The van der Waals surface area contributed by atoms with E-state index in [1.165, 1.54) is 47.8 Å². The van der Waals surface area contributed by atoms with Crippen LogP contribution >= 0.6 is 0 Å². The Labute approximate surface area is 182 Å². The fraction of sp³-hybridized carbons (Fsp3) is 0.522. The number of aromatic nitrogens is 2. The van der Waals surface area contributed by atoms with Crippen molar-refractivity contribution in [3.05, 3.63) is 46.5 Å². The van der Waals surface area contributed by atoms with Crippen molar-refractivity contribution in [2.24, 2.45) is 0 Å². The van der Waals surface area contributed by atoms with Crippen LogP contribution in [0.5, 0.6) is 17.4 Å². The highest BCUT2D eigenvalue weighted by Gasteiger charge is 2.18. The molecule has 31 heavy (non-hydrogen) atoms. The van der Waals surface area contributed by atoms with Crippen LogP contribution in [0.3, 0.4) is 0 Å². The summed E-state index contributed by atoms with van der Waals surface area (Å²) in [6.07, 6.45) is 9.06. The second-order valence-corrected chi connectivity index (χ2v) is 8.03. The van der Waals surface area contributed by atoms with Gasteiger partial charge in [0.1, 0.15) is 18.1 Å². The van der Waals surface area contributed by atoms with E-state index in [0.29, 0.717) is 19.8 Å². The first-order valence-electron chi connectivity index (χ1n) is 11.3. The summed E-state index contributed by atoms with van der Waals surface area (Å²) in [4.78, 5) is 15.3. The fourth-order valence-corrected chi connectivity index (χ4v) is 4.21. The number of ether oxygens (including phenoxy) is 2. The fourth-order valence-electron chi connectivity index (χ4n) is 4.21. The molecule has 0 unspecified atom stereocenters. The zero-order chi connectivity index (χ0) is 21.6. The van der Waals surface area contributed by atoms with E-state index in [-0.39, 0.29) is 11.6 Å². The van der Waals surface area contributed by atoms with Gasteiger partial charge >= 0.3 is 5.69 Å². The molecule has 0 saturated carbocycles. The molecule has 2 aliphatic heterocycles. The molecule has 0 atom stereocenters. The zero-order valence-corrected chi connectivity index (χ0v) is 18.2. The number of nitrogens with one attached hydrogen (secondary N) is 1. The predicted molar refractivity (Wildman–Crippen MR) is 120 cm³/mol. The number of rotatable bonds is 9. The molecule has 2 N–H and O–H groups in total. The number of likely N-dealkylation sites (tertiary alicyclic amines) is 1. The lowest BCUT2D eigenvalue weighted by molar-refractivity contribution is 0.223. The van der Waals surface area contributed by atoms with Crippen molar-refractivity contribution in [1.82, 2.24) is 14.1 Å². The molecule has 8 nitrogen and oxygen atoms in total. The average Bonchev–Trinajstić information content (AvgIpc) is 3.05. The summed E-state index contributed by atoms with van der Waals surface area (Å²) in [5, 5.41) is 10.3. The van der Waals surface area contributed by atoms with Crippen LogP contribution in [0.15, 0.2) is 35.3 Å². The number of benzene rings is 1. The standard InChI is InChI=1S/C23H32N4O4/c1-2-30-18-8-9-21-19(16-18)20(10-15-31-21)24-27-17-22(28)26(23(27)29)14-7-6-13-25-11-4-3-5-12-25/h8-10,16-17,24,28H,2-7,11-15H2,1H3. The third-order valence-electron chi connectivity index (χ3n) is 5.83. The van der Waals surface area contributed by atoms with Crippen molar-refractivity contribution in [2.75, 3.05) is 38.3 Å². The molecule has 2 aromatic rings. The van der Waals surface area contributed by atoms with Gasteiger partial charge in [-0.2, -0.15) is 0 Å². The van der Waals surface area contributed by atoms with E-state index in [9.17, 15) is 9.90 Å². The second kappa shape index (κ2) is 9.96. The number of hydrogen-bond donors (Lipinski definition) is 2. The summed E-state index contributed by atoms with van der Waals surface area (Å²) in [6, 6.07) is 5.62. The Balaban J connectivity index is 1.40. The SMILES string of the molecule is CCOc1ccc2c(c1)C(Nn1cc(O)n(CCCCN3CCCCC3)c1=O)=CCO2. The van der Waals surface area contributed by atoms with Gasteiger partial charge in [-0.05, 0) is 76.5 Å². The van der Waals surface area contributed by atoms with E-state index in [1.807, 2.05) is 31.2 Å². The van der Waals surface area contributed by atoms with Crippen molar-refractivity contribution >= 4 is 5.70 Å². The van der Waals surface area contributed by atoms with Gasteiger partial charge in [-0.25, -0.2) is 9.47 Å². The van der Waals surface area contributed by atoms with E-state index in [4.69, 9.17) is 9.47 Å². The molecule has 168 valence electrons. The molecule has 0 aliphatic carbocycles. The van der Waals surface area contributed by atoms with Crippen LogP contribution < -0.4 is 20.6 Å². The predicted octanol–water partition coefficient (Wildman–Crippen LogP) is 3.00. The van der Waals surface area contributed by atoms with E-state index in [2.05, 4.69) is 10.3 Å². The van der Waals surface area contributed by atoms with E-state index < -0.39 is 0 Å². The first-order valence-corrected chi connectivity index (χ1v) is 11.3. The highest BCUT2D eigenvalue weighted by atomic mass is 16.5. The van der Waals surface area contributed by atoms with E-state index >= 15 is 0 Å². The topological polar surface area (TPSA) is 80.9 Å². The molecule has 8 heteroatoms. The third-order valence-corrected chi connectivity index (χ3v) is 5.83. The van der Waals surface area contributed by atoms with Crippen molar-refractivity contribution in [1.29, 1.82) is 0 Å². The maximum Gasteiger partial charge on any atom is 0.349 e. The van der Waals surface area contributed by atoms with E-state index in [1.54, 1.807) is 0 Å². The number of fused-ring (bicyclic) bond motifs is 1. The van der Waals surface area contributed by atoms with Crippen LogP contribution in [-0.2, 0) is 6.54 Å². The van der Waals surface area contributed by atoms with Crippen molar-refractivity contribution < 1.29 is 14.6 Å². The minimum Gasteiger partial charge on any atom is -0.494 e. The summed E-state index contributed by atoms with van der Waals surface area (Å²) in [5.41, 5.74) is 4.39. The Kier molecular flexibility index (Phi) is 6.86. The number of unbranched alkanes of at least 4 members (excludes halogenated alkanes) is 1. The Morgan fingerprint density at radius 2 is 1.97 bits per heavy atom. The molecule has 1 aromatic heterocycles. The number of piperidine rings is 1. The largest absolute Gasteiger partial charge is 0.494 e. The highest BCUT2D eigenvalue weighted by molar-refractivity contribution is 5.76. The quantitative estimate of drug-likeness (QED) is 0.598. The van der Waals surface area contributed by atoms with Gasteiger partial charge in [0.15, 0.2) is 0 Å². The lowest BCUT2D eigenvalue weighted by Gasteiger charge is -2.26.